The molecule has 0 bridgehead atoms. The molecular weight excluding hydrogens is 407 g/mol. The molecule has 3 atom stereocenters. The number of nitrogens with zero attached hydrogens (tertiary/aromatic N) is 4. The van der Waals surface area contributed by atoms with E-state index in [0.29, 0.717) is 40.3 Å². The molecule has 2 aromatic heterocycles. The normalized spacial score (nSPS) is 21.2. The predicted octanol–water partition coefficient (Wildman–Crippen LogP) is 5.41. The van der Waals surface area contributed by atoms with Crippen LogP contribution < -0.4 is 4.90 Å². The van der Waals surface area contributed by atoms with Crippen molar-refractivity contribution in [3.8, 4) is 34.0 Å². The summed E-state index contributed by atoms with van der Waals surface area (Å²) in [4.78, 5) is 5.55. The zero-order valence-electron chi connectivity index (χ0n) is 18.7. The third kappa shape index (κ3) is 4.82. The maximum Gasteiger partial charge on any atom is 0.216 e. The van der Waals surface area contributed by atoms with Crippen LogP contribution in [0.15, 0.2) is 42.5 Å². The van der Waals surface area contributed by atoms with Gasteiger partial charge in [0.15, 0.2) is 5.82 Å². The molecule has 1 fully saturated rings. The Hall–Kier alpha value is -3.22. The summed E-state index contributed by atoms with van der Waals surface area (Å²) in [6.07, 6.45) is 4.85. The Morgan fingerprint density at radius 3 is 2.22 bits per heavy atom. The van der Waals surface area contributed by atoms with E-state index in [1.165, 1.54) is 31.0 Å². The van der Waals surface area contributed by atoms with E-state index in [2.05, 4.69) is 41.0 Å². The SMILES string of the molecule is C[C@@H]1CC[C@H](C)C[C@@H](N(C)c2ccc(-c3ccc(-c4cc(O)nc(F)c4)cc3O)nn2)C1. The topological polar surface area (TPSA) is 82.4 Å². The number of aromatic hydroxyl groups is 2. The first-order valence-electron chi connectivity index (χ1n) is 11.1. The lowest BCUT2D eigenvalue weighted by atomic mass is 9.98. The van der Waals surface area contributed by atoms with Crippen molar-refractivity contribution < 1.29 is 14.6 Å². The molecular formula is C25H29FN4O2. The van der Waals surface area contributed by atoms with E-state index in [4.69, 9.17) is 0 Å². The second-order valence-electron chi connectivity index (χ2n) is 9.07. The molecule has 6 nitrogen and oxygen atoms in total. The highest BCUT2D eigenvalue weighted by Gasteiger charge is 2.25. The molecule has 7 heteroatoms. The number of pyridine rings is 1. The van der Waals surface area contributed by atoms with Crippen LogP contribution in [0.5, 0.6) is 11.6 Å². The Kier molecular flexibility index (Phi) is 6.26. The van der Waals surface area contributed by atoms with Gasteiger partial charge in [0.05, 0.1) is 5.69 Å². The fraction of sp³-hybridized carbons (Fsp3) is 0.400. The van der Waals surface area contributed by atoms with Crippen LogP contribution in [0.2, 0.25) is 0 Å². The third-order valence-corrected chi connectivity index (χ3v) is 6.45. The predicted molar refractivity (Wildman–Crippen MR) is 123 cm³/mol. The van der Waals surface area contributed by atoms with Gasteiger partial charge in [0, 0.05) is 30.8 Å². The number of hydrogen-bond donors (Lipinski definition) is 2. The molecule has 0 aliphatic heterocycles. The first kappa shape index (κ1) is 22.0. The molecule has 168 valence electrons. The summed E-state index contributed by atoms with van der Waals surface area (Å²) in [5, 5.41) is 28.9. The van der Waals surface area contributed by atoms with E-state index < -0.39 is 11.8 Å². The minimum Gasteiger partial charge on any atom is -0.507 e. The lowest BCUT2D eigenvalue weighted by Crippen LogP contribution is -2.34. The van der Waals surface area contributed by atoms with Crippen LogP contribution >= 0.6 is 0 Å². The second kappa shape index (κ2) is 9.10. The molecule has 0 radical (unpaired) electrons. The van der Waals surface area contributed by atoms with Crippen molar-refractivity contribution in [2.75, 3.05) is 11.9 Å². The van der Waals surface area contributed by atoms with Crippen LogP contribution in [0.4, 0.5) is 10.2 Å². The summed E-state index contributed by atoms with van der Waals surface area (Å²) >= 11 is 0. The van der Waals surface area contributed by atoms with Crippen molar-refractivity contribution >= 4 is 5.82 Å². The highest BCUT2D eigenvalue weighted by Crippen LogP contribution is 2.34. The summed E-state index contributed by atoms with van der Waals surface area (Å²) in [5.74, 6) is 1.02. The van der Waals surface area contributed by atoms with Gasteiger partial charge in [0.2, 0.25) is 11.8 Å². The molecule has 1 aliphatic rings. The lowest BCUT2D eigenvalue weighted by Gasteiger charge is -2.30. The minimum absolute atomic E-state index is 0.000956. The van der Waals surface area contributed by atoms with Crippen LogP contribution in [0.3, 0.4) is 0 Å². The van der Waals surface area contributed by atoms with E-state index in [9.17, 15) is 14.6 Å². The molecule has 3 aromatic rings. The lowest BCUT2D eigenvalue weighted by molar-refractivity contribution is 0.436. The smallest absolute Gasteiger partial charge is 0.216 e. The summed E-state index contributed by atoms with van der Waals surface area (Å²) in [6, 6.07) is 11.7. The fourth-order valence-corrected chi connectivity index (χ4v) is 4.57. The van der Waals surface area contributed by atoms with E-state index in [1.807, 2.05) is 12.1 Å². The zero-order chi connectivity index (χ0) is 22.8. The molecule has 32 heavy (non-hydrogen) atoms. The van der Waals surface area contributed by atoms with Crippen LogP contribution in [0.25, 0.3) is 22.4 Å². The van der Waals surface area contributed by atoms with Gasteiger partial charge in [-0.25, -0.2) is 0 Å². The number of phenolic OH excluding ortho intramolecular Hbond substituents is 1. The van der Waals surface area contributed by atoms with E-state index in [-0.39, 0.29) is 5.75 Å². The summed E-state index contributed by atoms with van der Waals surface area (Å²) in [7, 11) is 2.08. The average molecular weight is 437 g/mol. The van der Waals surface area contributed by atoms with Gasteiger partial charge in [-0.3, -0.25) is 0 Å². The number of anilines is 1. The molecule has 0 amide bonds. The Morgan fingerprint density at radius 2 is 1.62 bits per heavy atom. The van der Waals surface area contributed by atoms with Gasteiger partial charge in [0.25, 0.3) is 0 Å². The first-order chi connectivity index (χ1) is 15.3. The Balaban J connectivity index is 1.55. The standard InChI is InChI=1S/C25H29FN4O2/c1-15-4-5-16(2)11-19(10-15)30(3)24-9-8-21(28-29-24)20-7-6-17(12-22(20)31)18-13-23(26)27-25(32)14-18/h6-9,12-16,19,31H,4-5,10-11H2,1-3H3,(H,27,32)/t15-,16+,19+. The van der Waals surface area contributed by atoms with Crippen molar-refractivity contribution in [1.29, 1.82) is 0 Å². The zero-order valence-corrected chi connectivity index (χ0v) is 18.7. The number of aromatic nitrogens is 3. The number of rotatable bonds is 4. The van der Waals surface area contributed by atoms with Crippen molar-refractivity contribution in [1.82, 2.24) is 15.2 Å². The molecule has 0 spiro atoms. The van der Waals surface area contributed by atoms with Gasteiger partial charge in [-0.2, -0.15) is 9.37 Å². The van der Waals surface area contributed by atoms with Crippen molar-refractivity contribution in [2.24, 2.45) is 11.8 Å². The van der Waals surface area contributed by atoms with Crippen molar-refractivity contribution in [2.45, 2.75) is 45.6 Å². The van der Waals surface area contributed by atoms with Gasteiger partial charge in [0.1, 0.15) is 5.75 Å². The monoisotopic (exact) mass is 436 g/mol. The van der Waals surface area contributed by atoms with Gasteiger partial charge in [-0.05, 0) is 60.1 Å². The second-order valence-corrected chi connectivity index (χ2v) is 9.07. The van der Waals surface area contributed by atoms with Crippen LogP contribution in [-0.2, 0) is 0 Å². The first-order valence-corrected chi connectivity index (χ1v) is 11.1. The molecule has 1 aromatic carbocycles. The van der Waals surface area contributed by atoms with Gasteiger partial charge in [-0.1, -0.05) is 32.8 Å². The van der Waals surface area contributed by atoms with Crippen molar-refractivity contribution in [3.05, 3.63) is 48.4 Å². The number of benzene rings is 1. The number of halogens is 1. The van der Waals surface area contributed by atoms with Crippen LogP contribution in [-0.4, -0.2) is 38.5 Å². The van der Waals surface area contributed by atoms with Crippen LogP contribution in [0.1, 0.15) is 39.5 Å². The Labute approximate surface area is 187 Å². The maximum atomic E-state index is 13.5. The number of hydrogen-bond acceptors (Lipinski definition) is 6. The van der Waals surface area contributed by atoms with Crippen LogP contribution in [0, 0.1) is 17.8 Å². The molecule has 4 rings (SSSR count). The number of phenols is 1. The largest absolute Gasteiger partial charge is 0.507 e. The summed E-state index contributed by atoms with van der Waals surface area (Å²) in [6.45, 7) is 4.64. The van der Waals surface area contributed by atoms with Crippen molar-refractivity contribution in [3.63, 3.8) is 0 Å². The van der Waals surface area contributed by atoms with Gasteiger partial charge in [-0.15, -0.1) is 10.2 Å². The van der Waals surface area contributed by atoms with E-state index >= 15 is 0 Å². The third-order valence-electron chi connectivity index (χ3n) is 6.45. The molecule has 0 unspecified atom stereocenters. The summed E-state index contributed by atoms with van der Waals surface area (Å²) < 4.78 is 13.5. The molecule has 1 saturated carbocycles. The molecule has 2 N–H and O–H groups in total. The van der Waals surface area contributed by atoms with E-state index in [0.717, 1.165) is 18.7 Å². The maximum absolute atomic E-state index is 13.5. The quantitative estimate of drug-likeness (QED) is 0.421. The van der Waals surface area contributed by atoms with E-state index in [1.54, 1.807) is 12.1 Å². The summed E-state index contributed by atoms with van der Waals surface area (Å²) in [5.41, 5.74) is 2.07. The minimum atomic E-state index is -0.786. The molecule has 1 aliphatic carbocycles. The Bertz CT molecular complexity index is 1060. The Morgan fingerprint density at radius 1 is 0.906 bits per heavy atom. The highest BCUT2D eigenvalue weighted by molar-refractivity contribution is 5.74. The average Bonchev–Trinajstić information content (AvgIpc) is 2.93. The highest BCUT2D eigenvalue weighted by atomic mass is 19.1. The van der Waals surface area contributed by atoms with Gasteiger partial charge < -0.3 is 15.1 Å². The molecule has 2 heterocycles. The van der Waals surface area contributed by atoms with Gasteiger partial charge >= 0.3 is 0 Å². The molecule has 0 saturated heterocycles. The fourth-order valence-electron chi connectivity index (χ4n) is 4.57.